The van der Waals surface area contributed by atoms with Crippen LogP contribution in [-0.2, 0) is 0 Å². The highest BCUT2D eigenvalue weighted by Crippen LogP contribution is 2.22. The standard InChI is InChI=1S/C11H11ClN4OS.CH4O/c1-13-8-5-7(12)6-15-9(8)10(17)16(2)11-14-3-4-18-11;1-2/h3-6,13H,1-2H3;2H,1H3. The quantitative estimate of drug-likeness (QED) is 0.907. The number of nitrogens with zero attached hydrogens (tertiary/aromatic N) is 3. The molecule has 2 aromatic heterocycles. The summed E-state index contributed by atoms with van der Waals surface area (Å²) >= 11 is 7.23. The Kier molecular flexibility index (Phi) is 6.37. The molecule has 0 saturated carbocycles. The lowest BCUT2D eigenvalue weighted by atomic mass is 10.2. The SMILES string of the molecule is CNc1cc(Cl)cnc1C(=O)N(C)c1nccs1.CO. The molecule has 0 bridgehead atoms. The van der Waals surface area contributed by atoms with Gasteiger partial charge in [0, 0.05) is 39.0 Å². The summed E-state index contributed by atoms with van der Waals surface area (Å²) in [6.45, 7) is 0. The van der Waals surface area contributed by atoms with Gasteiger partial charge in [-0.05, 0) is 6.07 Å². The van der Waals surface area contributed by atoms with E-state index in [9.17, 15) is 4.79 Å². The van der Waals surface area contributed by atoms with Gasteiger partial charge in [-0.3, -0.25) is 9.69 Å². The molecule has 108 valence electrons. The van der Waals surface area contributed by atoms with E-state index in [0.717, 1.165) is 7.11 Å². The smallest absolute Gasteiger partial charge is 0.280 e. The Balaban J connectivity index is 0.000000956. The van der Waals surface area contributed by atoms with Crippen LogP contribution in [0.2, 0.25) is 5.02 Å². The van der Waals surface area contributed by atoms with Crippen molar-refractivity contribution in [3.63, 3.8) is 0 Å². The number of carbonyl (C=O) groups is 1. The van der Waals surface area contributed by atoms with Crippen LogP contribution in [0.4, 0.5) is 10.8 Å². The van der Waals surface area contributed by atoms with Gasteiger partial charge in [0.15, 0.2) is 10.8 Å². The normalized spacial score (nSPS) is 9.45. The maximum Gasteiger partial charge on any atom is 0.280 e. The van der Waals surface area contributed by atoms with Crippen LogP contribution in [0.1, 0.15) is 10.5 Å². The largest absolute Gasteiger partial charge is 0.400 e. The van der Waals surface area contributed by atoms with Gasteiger partial charge in [-0.15, -0.1) is 11.3 Å². The summed E-state index contributed by atoms with van der Waals surface area (Å²) in [5.74, 6) is -0.231. The third-order valence-corrected chi connectivity index (χ3v) is 3.39. The van der Waals surface area contributed by atoms with Gasteiger partial charge >= 0.3 is 0 Å². The molecule has 8 heteroatoms. The Hall–Kier alpha value is -1.70. The first kappa shape index (κ1) is 16.4. The zero-order chi connectivity index (χ0) is 15.1. The van der Waals surface area contributed by atoms with Crippen molar-refractivity contribution in [3.8, 4) is 0 Å². The van der Waals surface area contributed by atoms with Gasteiger partial charge in [0.05, 0.1) is 10.7 Å². The van der Waals surface area contributed by atoms with Gasteiger partial charge in [-0.1, -0.05) is 11.6 Å². The number of rotatable bonds is 3. The number of anilines is 2. The van der Waals surface area contributed by atoms with Gasteiger partial charge in [-0.2, -0.15) is 0 Å². The van der Waals surface area contributed by atoms with E-state index in [-0.39, 0.29) is 5.91 Å². The number of carbonyl (C=O) groups excluding carboxylic acids is 1. The summed E-state index contributed by atoms with van der Waals surface area (Å²) in [7, 11) is 4.38. The second-order valence-electron chi connectivity index (χ2n) is 3.48. The lowest BCUT2D eigenvalue weighted by Crippen LogP contribution is -2.27. The number of halogens is 1. The van der Waals surface area contributed by atoms with E-state index in [2.05, 4.69) is 15.3 Å². The average Bonchev–Trinajstić information content (AvgIpc) is 3.02. The van der Waals surface area contributed by atoms with Crippen molar-refractivity contribution >= 4 is 39.7 Å². The molecule has 0 atom stereocenters. The van der Waals surface area contributed by atoms with Crippen molar-refractivity contribution in [2.75, 3.05) is 31.4 Å². The molecule has 6 nitrogen and oxygen atoms in total. The molecule has 0 aliphatic carbocycles. The van der Waals surface area contributed by atoms with Crippen LogP contribution in [0.5, 0.6) is 0 Å². The molecule has 20 heavy (non-hydrogen) atoms. The predicted octanol–water partition coefficient (Wildman–Crippen LogP) is 2.12. The van der Waals surface area contributed by atoms with Crippen molar-refractivity contribution in [2.24, 2.45) is 0 Å². The van der Waals surface area contributed by atoms with E-state index in [0.29, 0.717) is 21.5 Å². The van der Waals surface area contributed by atoms with E-state index >= 15 is 0 Å². The van der Waals surface area contributed by atoms with Crippen LogP contribution in [-0.4, -0.2) is 42.2 Å². The van der Waals surface area contributed by atoms with Crippen LogP contribution in [0, 0.1) is 0 Å². The topological polar surface area (TPSA) is 78.4 Å². The highest BCUT2D eigenvalue weighted by atomic mass is 35.5. The van der Waals surface area contributed by atoms with Gasteiger partial charge in [0.25, 0.3) is 5.91 Å². The Morgan fingerprint density at radius 2 is 2.15 bits per heavy atom. The first-order chi connectivity index (χ1) is 9.63. The van der Waals surface area contributed by atoms with Crippen LogP contribution >= 0.6 is 22.9 Å². The Bertz CT molecular complexity index is 563. The molecule has 0 fully saturated rings. The number of pyridine rings is 1. The monoisotopic (exact) mass is 314 g/mol. The van der Waals surface area contributed by atoms with Crippen LogP contribution < -0.4 is 10.2 Å². The van der Waals surface area contributed by atoms with E-state index in [1.165, 1.54) is 22.4 Å². The van der Waals surface area contributed by atoms with Crippen LogP contribution in [0.3, 0.4) is 0 Å². The summed E-state index contributed by atoms with van der Waals surface area (Å²) in [5.41, 5.74) is 0.913. The number of thiazole rings is 1. The van der Waals surface area contributed by atoms with E-state index in [1.54, 1.807) is 26.4 Å². The first-order valence-electron chi connectivity index (χ1n) is 5.59. The van der Waals surface area contributed by atoms with Gasteiger partial charge in [-0.25, -0.2) is 9.97 Å². The third-order valence-electron chi connectivity index (χ3n) is 2.34. The molecule has 2 N–H and O–H groups in total. The minimum absolute atomic E-state index is 0.231. The zero-order valence-electron chi connectivity index (χ0n) is 11.3. The molecule has 2 heterocycles. The van der Waals surface area contributed by atoms with Crippen molar-refractivity contribution in [3.05, 3.63) is 34.6 Å². The van der Waals surface area contributed by atoms with Crippen LogP contribution in [0.25, 0.3) is 0 Å². The number of nitrogens with one attached hydrogen (secondary N) is 1. The summed E-state index contributed by atoms with van der Waals surface area (Å²) in [4.78, 5) is 21.9. The fourth-order valence-electron chi connectivity index (χ4n) is 1.43. The first-order valence-corrected chi connectivity index (χ1v) is 6.85. The minimum Gasteiger partial charge on any atom is -0.400 e. The molecule has 0 aromatic carbocycles. The summed E-state index contributed by atoms with van der Waals surface area (Å²) in [6, 6.07) is 1.66. The number of amides is 1. The summed E-state index contributed by atoms with van der Waals surface area (Å²) in [5, 5.41) is 12.8. The van der Waals surface area contributed by atoms with Gasteiger partial charge < -0.3 is 10.4 Å². The van der Waals surface area contributed by atoms with Crippen molar-refractivity contribution in [2.45, 2.75) is 0 Å². The number of aliphatic hydroxyl groups excluding tert-OH is 1. The Morgan fingerprint density at radius 3 is 2.70 bits per heavy atom. The zero-order valence-corrected chi connectivity index (χ0v) is 12.9. The molecular formula is C12H15ClN4O2S. The second kappa shape index (κ2) is 7.78. The summed E-state index contributed by atoms with van der Waals surface area (Å²) in [6.07, 6.45) is 3.10. The van der Waals surface area contributed by atoms with Gasteiger partial charge in [0.1, 0.15) is 0 Å². The highest BCUT2D eigenvalue weighted by Gasteiger charge is 2.20. The Labute approximate surface area is 126 Å². The molecule has 0 radical (unpaired) electrons. The summed E-state index contributed by atoms with van der Waals surface area (Å²) < 4.78 is 0. The minimum atomic E-state index is -0.231. The van der Waals surface area contributed by atoms with Crippen molar-refractivity contribution in [1.29, 1.82) is 0 Å². The maximum absolute atomic E-state index is 12.3. The number of aromatic nitrogens is 2. The lowest BCUT2D eigenvalue weighted by Gasteiger charge is -2.15. The molecule has 2 rings (SSSR count). The molecule has 0 aliphatic heterocycles. The van der Waals surface area contributed by atoms with Gasteiger partial charge in [0.2, 0.25) is 0 Å². The molecule has 1 amide bonds. The predicted molar refractivity (Wildman–Crippen MR) is 81.8 cm³/mol. The molecule has 0 unspecified atom stereocenters. The highest BCUT2D eigenvalue weighted by molar-refractivity contribution is 7.13. The average molecular weight is 315 g/mol. The fraction of sp³-hybridized carbons (Fsp3) is 0.250. The number of aliphatic hydroxyl groups is 1. The number of hydrogen-bond donors (Lipinski definition) is 2. The van der Waals surface area contributed by atoms with E-state index in [1.807, 2.05) is 5.38 Å². The van der Waals surface area contributed by atoms with Crippen molar-refractivity contribution < 1.29 is 9.90 Å². The lowest BCUT2D eigenvalue weighted by molar-refractivity contribution is 0.0989. The maximum atomic E-state index is 12.3. The van der Waals surface area contributed by atoms with Crippen molar-refractivity contribution in [1.82, 2.24) is 9.97 Å². The van der Waals surface area contributed by atoms with E-state index < -0.39 is 0 Å². The second-order valence-corrected chi connectivity index (χ2v) is 4.79. The fourth-order valence-corrected chi connectivity index (χ4v) is 2.19. The third kappa shape index (κ3) is 3.66. The molecule has 0 aliphatic rings. The van der Waals surface area contributed by atoms with E-state index in [4.69, 9.17) is 16.7 Å². The molecule has 0 spiro atoms. The Morgan fingerprint density at radius 1 is 1.45 bits per heavy atom. The van der Waals surface area contributed by atoms with Crippen LogP contribution in [0.15, 0.2) is 23.8 Å². The molecular weight excluding hydrogens is 300 g/mol. The molecule has 0 saturated heterocycles. The number of hydrogen-bond acceptors (Lipinski definition) is 6. The molecule has 2 aromatic rings.